The second kappa shape index (κ2) is 8.97. The number of aromatic amines is 1. The van der Waals surface area contributed by atoms with Crippen LogP contribution in [0.15, 0.2) is 72.9 Å². The quantitative estimate of drug-likeness (QED) is 0.234. The maximum absolute atomic E-state index is 13.5. The molecule has 6 nitrogen and oxygen atoms in total. The number of hydrogen-bond donors (Lipinski definition) is 2. The van der Waals surface area contributed by atoms with E-state index >= 15 is 0 Å². The second-order valence-corrected chi connectivity index (χ2v) is 9.53. The van der Waals surface area contributed by atoms with Crippen molar-refractivity contribution < 1.29 is 9.59 Å². The fourth-order valence-corrected chi connectivity index (χ4v) is 5.40. The van der Waals surface area contributed by atoms with Crippen molar-refractivity contribution >= 4 is 45.4 Å². The third-order valence-electron chi connectivity index (χ3n) is 7.02. The highest BCUT2D eigenvalue weighted by Gasteiger charge is 2.26. The molecule has 0 saturated carbocycles. The second-order valence-electron chi connectivity index (χ2n) is 9.13. The first kappa shape index (κ1) is 22.6. The smallest absolute Gasteiger partial charge is 0.298 e. The standard InChI is InChI=1S/C29H25ClN4O2/c1-2-33-14-12-25-23(17-33)21-11-10-18(15-26(21)32-25)31-29(36)28(35)27-22(20-8-3-4-9-24(20)30)16-19-7-5-6-13-34(19)27/h3-11,13,15-16,32H,2,12,14,17H2,1H3,(H,31,36). The van der Waals surface area contributed by atoms with E-state index in [1.165, 1.54) is 11.3 Å². The van der Waals surface area contributed by atoms with Crippen LogP contribution in [-0.4, -0.2) is 39.1 Å². The molecule has 0 aliphatic carbocycles. The van der Waals surface area contributed by atoms with Crippen LogP contribution in [-0.2, 0) is 17.8 Å². The number of ketones is 1. The Balaban J connectivity index is 1.34. The van der Waals surface area contributed by atoms with Crippen molar-refractivity contribution in [2.75, 3.05) is 18.4 Å². The van der Waals surface area contributed by atoms with Crippen LogP contribution >= 0.6 is 11.6 Å². The number of anilines is 1. The number of amides is 1. The minimum atomic E-state index is -0.694. The molecular weight excluding hydrogens is 472 g/mol. The molecule has 1 aliphatic rings. The lowest BCUT2D eigenvalue weighted by atomic mass is 10.0. The average molecular weight is 497 g/mol. The lowest BCUT2D eigenvalue weighted by Crippen LogP contribution is -2.29. The lowest BCUT2D eigenvalue weighted by Gasteiger charge is -2.25. The molecule has 4 heterocycles. The number of nitrogens with zero attached hydrogens (tertiary/aromatic N) is 2. The van der Waals surface area contributed by atoms with E-state index in [0.717, 1.165) is 42.5 Å². The van der Waals surface area contributed by atoms with Crippen LogP contribution in [0.1, 0.15) is 28.7 Å². The van der Waals surface area contributed by atoms with Crippen LogP contribution in [0.5, 0.6) is 0 Å². The zero-order chi connectivity index (χ0) is 24.8. The Labute approximate surface area is 213 Å². The third-order valence-corrected chi connectivity index (χ3v) is 7.35. The molecule has 180 valence electrons. The molecule has 0 radical (unpaired) electrons. The molecule has 36 heavy (non-hydrogen) atoms. The first-order valence-corrected chi connectivity index (χ1v) is 12.5. The number of pyridine rings is 1. The molecule has 0 bridgehead atoms. The van der Waals surface area contributed by atoms with Crippen molar-refractivity contribution in [1.82, 2.24) is 14.3 Å². The summed E-state index contributed by atoms with van der Waals surface area (Å²) in [5, 5.41) is 4.49. The first-order valence-electron chi connectivity index (χ1n) is 12.1. The van der Waals surface area contributed by atoms with Gasteiger partial charge < -0.3 is 14.7 Å². The maximum Gasteiger partial charge on any atom is 0.298 e. The number of Topliss-reactive ketones (excluding diaryl/α,β-unsaturated/α-hetero) is 1. The molecule has 2 N–H and O–H groups in total. The fraction of sp³-hybridized carbons (Fsp3) is 0.172. The number of carbonyl (C=O) groups excluding carboxylic acids is 2. The fourth-order valence-electron chi connectivity index (χ4n) is 5.16. The Bertz CT molecular complexity index is 1650. The third kappa shape index (κ3) is 3.79. The molecule has 0 atom stereocenters. The van der Waals surface area contributed by atoms with Gasteiger partial charge in [0.1, 0.15) is 5.69 Å². The highest BCUT2D eigenvalue weighted by molar-refractivity contribution is 6.47. The molecule has 1 amide bonds. The van der Waals surface area contributed by atoms with Crippen LogP contribution in [0.25, 0.3) is 27.5 Å². The van der Waals surface area contributed by atoms with Crippen molar-refractivity contribution in [3.63, 3.8) is 0 Å². The summed E-state index contributed by atoms with van der Waals surface area (Å²) in [6.45, 7) is 5.15. The topological polar surface area (TPSA) is 69.6 Å². The monoisotopic (exact) mass is 496 g/mol. The van der Waals surface area contributed by atoms with Crippen molar-refractivity contribution in [3.05, 3.63) is 94.9 Å². The number of hydrogen-bond acceptors (Lipinski definition) is 3. The Morgan fingerprint density at radius 1 is 1.03 bits per heavy atom. The average Bonchev–Trinajstić information content (AvgIpc) is 3.46. The van der Waals surface area contributed by atoms with Crippen LogP contribution in [0.4, 0.5) is 5.69 Å². The van der Waals surface area contributed by atoms with Crippen LogP contribution in [0.3, 0.4) is 0 Å². The molecule has 3 aromatic heterocycles. The van der Waals surface area contributed by atoms with Crippen molar-refractivity contribution in [1.29, 1.82) is 0 Å². The van der Waals surface area contributed by atoms with E-state index in [2.05, 4.69) is 22.1 Å². The van der Waals surface area contributed by atoms with Gasteiger partial charge in [-0.25, -0.2) is 0 Å². The van der Waals surface area contributed by atoms with Crippen molar-refractivity contribution in [2.45, 2.75) is 19.9 Å². The summed E-state index contributed by atoms with van der Waals surface area (Å²) >= 11 is 6.46. The molecule has 2 aromatic carbocycles. The molecule has 0 fully saturated rings. The predicted molar refractivity (Wildman–Crippen MR) is 144 cm³/mol. The van der Waals surface area contributed by atoms with Gasteiger partial charge in [-0.3, -0.25) is 14.5 Å². The molecule has 0 saturated heterocycles. The van der Waals surface area contributed by atoms with Gasteiger partial charge >= 0.3 is 0 Å². The molecule has 5 aromatic rings. The maximum atomic E-state index is 13.5. The lowest BCUT2D eigenvalue weighted by molar-refractivity contribution is -0.112. The summed E-state index contributed by atoms with van der Waals surface area (Å²) in [5.74, 6) is -1.32. The van der Waals surface area contributed by atoms with Gasteiger partial charge in [0.25, 0.3) is 11.7 Å². The number of H-pyrrole nitrogens is 1. The van der Waals surface area contributed by atoms with Gasteiger partial charge in [0, 0.05) is 69.7 Å². The number of benzene rings is 2. The van der Waals surface area contributed by atoms with Gasteiger partial charge in [-0.05, 0) is 48.5 Å². The number of halogens is 1. The summed E-state index contributed by atoms with van der Waals surface area (Å²) in [6, 6.07) is 20.6. The molecule has 0 unspecified atom stereocenters. The Morgan fingerprint density at radius 2 is 1.86 bits per heavy atom. The highest BCUT2D eigenvalue weighted by atomic mass is 35.5. The number of rotatable bonds is 5. The SMILES string of the molecule is CCN1CCc2[nH]c3cc(NC(=O)C(=O)c4c(-c5ccccc5Cl)cc5ccccn45)ccc3c2C1. The predicted octanol–water partition coefficient (Wildman–Crippen LogP) is 5.94. The summed E-state index contributed by atoms with van der Waals surface area (Å²) in [5.41, 5.74) is 6.53. The number of fused-ring (bicyclic) bond motifs is 4. The van der Waals surface area contributed by atoms with Gasteiger partial charge in [0.15, 0.2) is 0 Å². The summed E-state index contributed by atoms with van der Waals surface area (Å²) in [7, 11) is 0. The number of aromatic nitrogens is 2. The van der Waals surface area contributed by atoms with Crippen LogP contribution in [0.2, 0.25) is 5.02 Å². The van der Waals surface area contributed by atoms with Gasteiger partial charge in [0.2, 0.25) is 0 Å². The molecule has 6 rings (SSSR count). The van der Waals surface area contributed by atoms with E-state index in [-0.39, 0.29) is 5.69 Å². The van der Waals surface area contributed by atoms with E-state index in [4.69, 9.17) is 11.6 Å². The summed E-state index contributed by atoms with van der Waals surface area (Å²) in [4.78, 5) is 32.7. The minimum Gasteiger partial charge on any atom is -0.358 e. The largest absolute Gasteiger partial charge is 0.358 e. The molecule has 1 aliphatic heterocycles. The molecule has 7 heteroatoms. The van der Waals surface area contributed by atoms with Crippen molar-refractivity contribution in [3.8, 4) is 11.1 Å². The summed E-state index contributed by atoms with van der Waals surface area (Å²) < 4.78 is 1.74. The minimum absolute atomic E-state index is 0.285. The van der Waals surface area contributed by atoms with E-state index in [9.17, 15) is 9.59 Å². The van der Waals surface area contributed by atoms with Crippen LogP contribution < -0.4 is 5.32 Å². The van der Waals surface area contributed by atoms with Gasteiger partial charge in [-0.15, -0.1) is 0 Å². The zero-order valence-corrected chi connectivity index (χ0v) is 20.6. The number of likely N-dealkylation sites (N-methyl/N-ethyl adjacent to an activating group) is 1. The van der Waals surface area contributed by atoms with E-state index in [1.807, 2.05) is 60.7 Å². The molecular formula is C29H25ClN4O2. The normalized spacial score (nSPS) is 13.7. The Morgan fingerprint density at radius 3 is 2.69 bits per heavy atom. The van der Waals surface area contributed by atoms with E-state index in [0.29, 0.717) is 21.8 Å². The van der Waals surface area contributed by atoms with Crippen LogP contribution in [0, 0.1) is 0 Å². The Hall–Kier alpha value is -3.87. The van der Waals surface area contributed by atoms with Gasteiger partial charge in [0.05, 0.1) is 0 Å². The zero-order valence-electron chi connectivity index (χ0n) is 19.8. The van der Waals surface area contributed by atoms with E-state index in [1.54, 1.807) is 16.7 Å². The highest BCUT2D eigenvalue weighted by Crippen LogP contribution is 2.34. The van der Waals surface area contributed by atoms with E-state index < -0.39 is 11.7 Å². The number of nitrogens with one attached hydrogen (secondary N) is 2. The van der Waals surface area contributed by atoms with Gasteiger partial charge in [-0.1, -0.05) is 48.9 Å². The summed E-state index contributed by atoms with van der Waals surface area (Å²) in [6.07, 6.45) is 2.76. The molecule has 0 spiro atoms. The van der Waals surface area contributed by atoms with Crippen molar-refractivity contribution in [2.24, 2.45) is 0 Å². The first-order chi connectivity index (χ1) is 17.5. The van der Waals surface area contributed by atoms with Gasteiger partial charge in [-0.2, -0.15) is 0 Å². The Kier molecular flexibility index (Phi) is 5.63. The number of carbonyl (C=O) groups is 2.